The van der Waals surface area contributed by atoms with Crippen LogP contribution in [0.4, 0.5) is 0 Å². The van der Waals surface area contributed by atoms with E-state index in [0.29, 0.717) is 25.2 Å². The lowest BCUT2D eigenvalue weighted by Crippen LogP contribution is -2.40. The highest BCUT2D eigenvalue weighted by Gasteiger charge is 2.31. The van der Waals surface area contributed by atoms with Gasteiger partial charge in [-0.3, -0.25) is 9.69 Å². The number of nitrogens with zero attached hydrogens (tertiary/aromatic N) is 2. The summed E-state index contributed by atoms with van der Waals surface area (Å²) >= 11 is 0. The van der Waals surface area contributed by atoms with Gasteiger partial charge in [0.05, 0.1) is 6.10 Å². The smallest absolute Gasteiger partial charge is 0.267 e. The number of amides is 1. The summed E-state index contributed by atoms with van der Waals surface area (Å²) < 4.78 is 1.81. The molecule has 5 heteroatoms. The van der Waals surface area contributed by atoms with Crippen molar-refractivity contribution in [2.45, 2.75) is 25.1 Å². The second kappa shape index (κ2) is 6.98. The fourth-order valence-corrected chi connectivity index (χ4v) is 3.18. The summed E-state index contributed by atoms with van der Waals surface area (Å²) in [5.41, 5.74) is 1.87. The van der Waals surface area contributed by atoms with E-state index in [1.165, 1.54) is 5.56 Å². The third-order valence-corrected chi connectivity index (χ3v) is 4.41. The van der Waals surface area contributed by atoms with E-state index < -0.39 is 0 Å². The van der Waals surface area contributed by atoms with E-state index in [-0.39, 0.29) is 18.1 Å². The molecular formula is C18H23N3O2. The second-order valence-corrected chi connectivity index (χ2v) is 6.17. The van der Waals surface area contributed by atoms with Gasteiger partial charge >= 0.3 is 0 Å². The molecule has 1 aromatic heterocycles. The van der Waals surface area contributed by atoms with Gasteiger partial charge in [0, 0.05) is 38.9 Å². The molecule has 1 saturated heterocycles. The van der Waals surface area contributed by atoms with Crippen LogP contribution in [-0.4, -0.2) is 45.7 Å². The van der Waals surface area contributed by atoms with E-state index in [9.17, 15) is 9.90 Å². The van der Waals surface area contributed by atoms with E-state index in [1.807, 2.05) is 37.5 Å². The molecule has 0 bridgehead atoms. The van der Waals surface area contributed by atoms with Crippen molar-refractivity contribution in [2.24, 2.45) is 7.05 Å². The lowest BCUT2D eigenvalue weighted by atomic mass is 10.1. The first-order valence-electron chi connectivity index (χ1n) is 7.99. The molecule has 5 nitrogen and oxygen atoms in total. The Bertz CT molecular complexity index is 653. The van der Waals surface area contributed by atoms with Gasteiger partial charge in [-0.2, -0.15) is 0 Å². The van der Waals surface area contributed by atoms with Crippen molar-refractivity contribution in [1.82, 2.24) is 14.8 Å². The van der Waals surface area contributed by atoms with Gasteiger partial charge in [-0.25, -0.2) is 0 Å². The molecule has 1 fully saturated rings. The van der Waals surface area contributed by atoms with Gasteiger partial charge in [-0.15, -0.1) is 0 Å². The minimum atomic E-state index is -0.323. The zero-order valence-electron chi connectivity index (χ0n) is 13.4. The summed E-state index contributed by atoms with van der Waals surface area (Å²) in [6, 6.07) is 14.0. The number of hydrogen-bond acceptors (Lipinski definition) is 3. The molecule has 0 spiro atoms. The van der Waals surface area contributed by atoms with Crippen molar-refractivity contribution in [1.29, 1.82) is 0 Å². The Kier molecular flexibility index (Phi) is 4.79. The monoisotopic (exact) mass is 313 g/mol. The van der Waals surface area contributed by atoms with Crippen molar-refractivity contribution in [3.05, 3.63) is 59.9 Å². The van der Waals surface area contributed by atoms with Crippen LogP contribution in [0.15, 0.2) is 48.7 Å². The molecule has 2 unspecified atom stereocenters. The molecule has 1 aromatic carbocycles. The van der Waals surface area contributed by atoms with Crippen molar-refractivity contribution in [3.8, 4) is 0 Å². The topological polar surface area (TPSA) is 57.5 Å². The van der Waals surface area contributed by atoms with Crippen LogP contribution in [-0.2, 0) is 13.6 Å². The fraction of sp³-hybridized carbons (Fsp3) is 0.389. The number of rotatable bonds is 5. The third kappa shape index (κ3) is 3.81. The lowest BCUT2D eigenvalue weighted by Gasteiger charge is -2.24. The molecule has 2 N–H and O–H groups in total. The minimum Gasteiger partial charge on any atom is -0.392 e. The zero-order valence-corrected chi connectivity index (χ0v) is 13.4. The molecule has 1 amide bonds. The van der Waals surface area contributed by atoms with E-state index in [4.69, 9.17) is 0 Å². The molecule has 2 aromatic rings. The summed E-state index contributed by atoms with van der Waals surface area (Å²) in [7, 11) is 1.86. The summed E-state index contributed by atoms with van der Waals surface area (Å²) in [6.45, 7) is 2.00. The average Bonchev–Trinajstić information content (AvgIpc) is 3.12. The van der Waals surface area contributed by atoms with Crippen LogP contribution in [0.1, 0.15) is 22.5 Å². The highest BCUT2D eigenvalue weighted by atomic mass is 16.3. The molecule has 1 aliphatic heterocycles. The van der Waals surface area contributed by atoms with Crippen LogP contribution in [0.2, 0.25) is 0 Å². The van der Waals surface area contributed by atoms with Crippen LogP contribution in [0.5, 0.6) is 0 Å². The maximum absolute atomic E-state index is 12.2. The number of hydrogen-bond donors (Lipinski definition) is 2. The Morgan fingerprint density at radius 1 is 1.26 bits per heavy atom. The van der Waals surface area contributed by atoms with Crippen molar-refractivity contribution in [3.63, 3.8) is 0 Å². The standard InChI is InChI=1S/C18H23N3O2/c1-20-9-5-8-17(20)18(23)19-11-15-10-16(22)13-21(15)12-14-6-3-2-4-7-14/h2-9,15-16,22H,10-13H2,1H3,(H,19,23). The molecule has 0 aliphatic carbocycles. The number of aryl methyl sites for hydroxylation is 1. The van der Waals surface area contributed by atoms with Crippen LogP contribution >= 0.6 is 0 Å². The number of β-amino-alcohol motifs (C(OH)–C–C–N with tert-alkyl or cyclic N) is 1. The predicted octanol–water partition coefficient (Wildman–Crippen LogP) is 1.39. The van der Waals surface area contributed by atoms with Gasteiger partial charge in [0.2, 0.25) is 0 Å². The Balaban J connectivity index is 1.59. The van der Waals surface area contributed by atoms with Crippen LogP contribution in [0.25, 0.3) is 0 Å². The van der Waals surface area contributed by atoms with E-state index in [2.05, 4.69) is 22.3 Å². The maximum atomic E-state index is 12.2. The van der Waals surface area contributed by atoms with E-state index >= 15 is 0 Å². The molecule has 2 atom stereocenters. The lowest BCUT2D eigenvalue weighted by molar-refractivity contribution is 0.0931. The third-order valence-electron chi connectivity index (χ3n) is 4.41. The van der Waals surface area contributed by atoms with Crippen LogP contribution < -0.4 is 5.32 Å². The van der Waals surface area contributed by atoms with Gasteiger partial charge < -0.3 is 15.0 Å². The first-order chi connectivity index (χ1) is 11.1. The maximum Gasteiger partial charge on any atom is 0.267 e. The van der Waals surface area contributed by atoms with Gasteiger partial charge in [0.1, 0.15) is 5.69 Å². The minimum absolute atomic E-state index is 0.0708. The molecule has 23 heavy (non-hydrogen) atoms. The number of aliphatic hydroxyl groups excluding tert-OH is 1. The van der Waals surface area contributed by atoms with Gasteiger partial charge in [0.25, 0.3) is 5.91 Å². The highest BCUT2D eigenvalue weighted by molar-refractivity contribution is 5.92. The quantitative estimate of drug-likeness (QED) is 0.877. The largest absolute Gasteiger partial charge is 0.392 e. The Labute approximate surface area is 136 Å². The van der Waals surface area contributed by atoms with Crippen molar-refractivity contribution >= 4 is 5.91 Å². The second-order valence-electron chi connectivity index (χ2n) is 6.17. The van der Waals surface area contributed by atoms with E-state index in [1.54, 1.807) is 10.6 Å². The Morgan fingerprint density at radius 3 is 2.74 bits per heavy atom. The number of nitrogens with one attached hydrogen (secondary N) is 1. The highest BCUT2D eigenvalue weighted by Crippen LogP contribution is 2.20. The SMILES string of the molecule is Cn1cccc1C(=O)NCC1CC(O)CN1Cc1ccccc1. The molecule has 1 aliphatic rings. The summed E-state index contributed by atoms with van der Waals surface area (Å²) in [4.78, 5) is 14.5. The number of aromatic nitrogens is 1. The molecular weight excluding hydrogens is 290 g/mol. The van der Waals surface area contributed by atoms with Gasteiger partial charge in [0.15, 0.2) is 0 Å². The van der Waals surface area contributed by atoms with Crippen LogP contribution in [0, 0.1) is 0 Å². The fourth-order valence-electron chi connectivity index (χ4n) is 3.18. The summed E-state index contributed by atoms with van der Waals surface area (Å²) in [5.74, 6) is -0.0708. The molecule has 2 heterocycles. The van der Waals surface area contributed by atoms with Gasteiger partial charge in [-0.1, -0.05) is 30.3 Å². The van der Waals surface area contributed by atoms with Crippen LogP contribution in [0.3, 0.4) is 0 Å². The Hall–Kier alpha value is -2.11. The first-order valence-corrected chi connectivity index (χ1v) is 7.99. The zero-order chi connectivity index (χ0) is 16.2. The predicted molar refractivity (Wildman–Crippen MR) is 89.0 cm³/mol. The number of carbonyl (C=O) groups excluding carboxylic acids is 1. The summed E-state index contributed by atoms with van der Waals surface area (Å²) in [6.07, 6.45) is 2.23. The van der Waals surface area contributed by atoms with Gasteiger partial charge in [-0.05, 0) is 24.1 Å². The molecule has 122 valence electrons. The van der Waals surface area contributed by atoms with E-state index in [0.717, 1.165) is 6.54 Å². The van der Waals surface area contributed by atoms with Crippen molar-refractivity contribution < 1.29 is 9.90 Å². The Morgan fingerprint density at radius 2 is 2.04 bits per heavy atom. The number of carbonyl (C=O) groups is 1. The molecule has 0 saturated carbocycles. The first kappa shape index (κ1) is 15.8. The van der Waals surface area contributed by atoms with Crippen molar-refractivity contribution in [2.75, 3.05) is 13.1 Å². The number of aliphatic hydroxyl groups is 1. The number of likely N-dealkylation sites (tertiary alicyclic amines) is 1. The molecule has 0 radical (unpaired) electrons. The summed E-state index contributed by atoms with van der Waals surface area (Å²) in [5, 5.41) is 13.0. The normalized spacial score (nSPS) is 21.5. The number of benzene rings is 1. The average molecular weight is 313 g/mol. The molecule has 3 rings (SSSR count).